The monoisotopic (exact) mass is 348 g/mol. The number of hydrogen-bond acceptors (Lipinski definition) is 4. The van der Waals surface area contributed by atoms with E-state index in [0.29, 0.717) is 5.58 Å². The fourth-order valence-corrected chi connectivity index (χ4v) is 2.92. The first-order valence-electron chi connectivity index (χ1n) is 8.02. The van der Waals surface area contributed by atoms with Gasteiger partial charge in [0.1, 0.15) is 5.58 Å². The van der Waals surface area contributed by atoms with E-state index >= 15 is 0 Å². The Hall–Kier alpha value is -3.61. The molecule has 0 unspecified atom stereocenters. The third-order valence-corrected chi connectivity index (χ3v) is 4.33. The summed E-state index contributed by atoms with van der Waals surface area (Å²) in [6.07, 6.45) is 1.53. The van der Waals surface area contributed by atoms with Crippen LogP contribution in [-0.2, 0) is 14.1 Å². The van der Waals surface area contributed by atoms with E-state index in [2.05, 4.69) is 10.5 Å². The number of fused-ring (bicyclic) bond motifs is 2. The minimum atomic E-state index is -0.425. The summed E-state index contributed by atoms with van der Waals surface area (Å²) in [5, 5.41) is 4.83. The van der Waals surface area contributed by atoms with Crippen LogP contribution in [0.2, 0.25) is 0 Å². The lowest BCUT2D eigenvalue weighted by molar-refractivity contribution is 0.0929. The molecule has 7 nitrogen and oxygen atoms in total. The molecular weight excluding hydrogens is 332 g/mol. The van der Waals surface area contributed by atoms with E-state index in [-0.39, 0.29) is 11.4 Å². The van der Waals surface area contributed by atoms with Crippen LogP contribution in [0, 0.1) is 0 Å². The third kappa shape index (κ3) is 2.59. The quantitative estimate of drug-likeness (QED) is 0.456. The molecule has 4 rings (SSSR count). The highest BCUT2D eigenvalue weighted by Crippen LogP contribution is 2.18. The van der Waals surface area contributed by atoms with Crippen LogP contribution in [0.25, 0.3) is 22.0 Å². The van der Waals surface area contributed by atoms with Crippen LogP contribution in [-0.4, -0.2) is 21.3 Å². The number of hydrogen-bond donors (Lipinski definition) is 1. The van der Waals surface area contributed by atoms with Crippen LogP contribution >= 0.6 is 0 Å². The third-order valence-electron chi connectivity index (χ3n) is 4.33. The van der Waals surface area contributed by atoms with E-state index in [0.717, 1.165) is 22.0 Å². The van der Waals surface area contributed by atoms with Gasteiger partial charge in [-0.05, 0) is 29.8 Å². The van der Waals surface area contributed by atoms with Crippen LogP contribution in [0.15, 0.2) is 62.8 Å². The molecule has 26 heavy (non-hydrogen) atoms. The highest BCUT2D eigenvalue weighted by molar-refractivity contribution is 5.96. The second-order valence-corrected chi connectivity index (χ2v) is 6.00. The van der Waals surface area contributed by atoms with Gasteiger partial charge < -0.3 is 4.42 Å². The van der Waals surface area contributed by atoms with Crippen molar-refractivity contribution < 1.29 is 9.21 Å². The van der Waals surface area contributed by atoms with Crippen molar-refractivity contribution in [2.75, 3.05) is 0 Å². The molecule has 0 saturated heterocycles. The van der Waals surface area contributed by atoms with Crippen molar-refractivity contribution in [3.8, 4) is 0 Å². The van der Waals surface area contributed by atoms with Crippen molar-refractivity contribution in [3.05, 3.63) is 70.3 Å². The number of carbonyl (C=O) groups excluding carboxylic acids is 1. The predicted molar refractivity (Wildman–Crippen MR) is 99.4 cm³/mol. The molecule has 2 heterocycles. The Balaban J connectivity index is 1.54. The number of rotatable bonds is 3. The number of amides is 1. The lowest BCUT2D eigenvalue weighted by Crippen LogP contribution is -2.19. The Morgan fingerprint density at radius 3 is 2.65 bits per heavy atom. The fraction of sp³-hybridized carbons (Fsp3) is 0.105. The second-order valence-electron chi connectivity index (χ2n) is 6.00. The van der Waals surface area contributed by atoms with E-state index in [1.807, 2.05) is 36.4 Å². The molecule has 0 aliphatic rings. The molecule has 1 N–H and O–H groups in total. The molecule has 0 saturated carbocycles. The molecule has 0 atom stereocenters. The summed E-state index contributed by atoms with van der Waals surface area (Å²) in [6.45, 7) is 0. The molecule has 4 aromatic rings. The van der Waals surface area contributed by atoms with E-state index in [9.17, 15) is 9.59 Å². The average molecular weight is 348 g/mol. The summed E-state index contributed by atoms with van der Waals surface area (Å²) in [5.74, 6) is -0.227. The SMILES string of the molecule is Cn1c(=O)n(C)c2cc(C=NNC(=O)c3cc4ccccc4o3)ccc21. The normalized spacial score (nSPS) is 11.6. The second kappa shape index (κ2) is 6.03. The number of nitrogens with one attached hydrogen (secondary N) is 1. The van der Waals surface area contributed by atoms with E-state index in [1.54, 1.807) is 35.4 Å². The molecule has 0 fully saturated rings. The number of carbonyl (C=O) groups is 1. The van der Waals surface area contributed by atoms with Crippen molar-refractivity contribution >= 4 is 34.1 Å². The molecule has 0 bridgehead atoms. The van der Waals surface area contributed by atoms with Gasteiger partial charge in [0.05, 0.1) is 17.2 Å². The van der Waals surface area contributed by atoms with Crippen molar-refractivity contribution in [2.45, 2.75) is 0 Å². The number of benzene rings is 2. The van der Waals surface area contributed by atoms with E-state index in [4.69, 9.17) is 4.42 Å². The Labute approximate surface area is 148 Å². The molecule has 2 aromatic carbocycles. The molecule has 0 aliphatic heterocycles. The molecule has 2 aromatic heterocycles. The summed E-state index contributed by atoms with van der Waals surface area (Å²) < 4.78 is 8.65. The standard InChI is InChI=1S/C19H16N4O3/c1-22-14-8-7-12(9-15(14)23(2)19(22)25)11-20-21-18(24)17-10-13-5-3-4-6-16(13)26-17/h3-11H,1-2H3,(H,21,24). The summed E-state index contributed by atoms with van der Waals surface area (Å²) in [4.78, 5) is 24.1. The zero-order valence-corrected chi connectivity index (χ0v) is 14.3. The number of hydrazone groups is 1. The van der Waals surface area contributed by atoms with Crippen molar-refractivity contribution in [2.24, 2.45) is 19.2 Å². The van der Waals surface area contributed by atoms with Gasteiger partial charge in [0.2, 0.25) is 0 Å². The van der Waals surface area contributed by atoms with E-state index < -0.39 is 5.91 Å². The maximum Gasteiger partial charge on any atom is 0.328 e. The van der Waals surface area contributed by atoms with Gasteiger partial charge in [0.15, 0.2) is 5.76 Å². The number of aromatic nitrogens is 2. The maximum absolute atomic E-state index is 12.2. The van der Waals surface area contributed by atoms with Crippen LogP contribution in [0.1, 0.15) is 16.1 Å². The molecule has 130 valence electrons. The first kappa shape index (κ1) is 15.9. The molecule has 0 spiro atoms. The highest BCUT2D eigenvalue weighted by Gasteiger charge is 2.11. The fourth-order valence-electron chi connectivity index (χ4n) is 2.92. The smallest absolute Gasteiger partial charge is 0.328 e. The van der Waals surface area contributed by atoms with E-state index in [1.165, 1.54) is 6.21 Å². The Kier molecular flexibility index (Phi) is 3.69. The van der Waals surface area contributed by atoms with Crippen LogP contribution in [0.4, 0.5) is 0 Å². The minimum Gasteiger partial charge on any atom is -0.451 e. The topological polar surface area (TPSA) is 81.5 Å². The average Bonchev–Trinajstić information content (AvgIpc) is 3.18. The number of imidazole rings is 1. The van der Waals surface area contributed by atoms with Gasteiger partial charge in [-0.1, -0.05) is 24.3 Å². The number of furan rings is 1. The lowest BCUT2D eigenvalue weighted by atomic mass is 10.2. The molecule has 0 aliphatic carbocycles. The Morgan fingerprint density at radius 2 is 1.85 bits per heavy atom. The van der Waals surface area contributed by atoms with Gasteiger partial charge in [0, 0.05) is 19.5 Å². The van der Waals surface area contributed by atoms with Gasteiger partial charge in [-0.2, -0.15) is 5.10 Å². The number of aryl methyl sites for hydroxylation is 2. The van der Waals surface area contributed by atoms with Gasteiger partial charge in [-0.25, -0.2) is 10.2 Å². The first-order valence-corrected chi connectivity index (χ1v) is 8.02. The lowest BCUT2D eigenvalue weighted by Gasteiger charge is -1.98. The maximum atomic E-state index is 12.2. The zero-order valence-electron chi connectivity index (χ0n) is 14.3. The molecule has 0 radical (unpaired) electrons. The van der Waals surface area contributed by atoms with Crippen LogP contribution in [0.3, 0.4) is 0 Å². The predicted octanol–water partition coefficient (Wildman–Crippen LogP) is 2.39. The Morgan fingerprint density at radius 1 is 1.08 bits per heavy atom. The number of para-hydroxylation sites is 1. The van der Waals surface area contributed by atoms with Gasteiger partial charge in [0.25, 0.3) is 0 Å². The largest absolute Gasteiger partial charge is 0.451 e. The van der Waals surface area contributed by atoms with Crippen molar-refractivity contribution in [3.63, 3.8) is 0 Å². The van der Waals surface area contributed by atoms with Gasteiger partial charge in [-0.15, -0.1) is 0 Å². The van der Waals surface area contributed by atoms with Crippen molar-refractivity contribution in [1.82, 2.24) is 14.6 Å². The minimum absolute atomic E-state index is 0.0905. The Bertz CT molecular complexity index is 1190. The van der Waals surface area contributed by atoms with Crippen LogP contribution < -0.4 is 11.1 Å². The van der Waals surface area contributed by atoms with Crippen LogP contribution in [0.5, 0.6) is 0 Å². The summed E-state index contributed by atoms with van der Waals surface area (Å²) in [6, 6.07) is 14.6. The molecule has 7 heteroatoms. The van der Waals surface area contributed by atoms with Crippen molar-refractivity contribution in [1.29, 1.82) is 0 Å². The molecular formula is C19H16N4O3. The van der Waals surface area contributed by atoms with Gasteiger partial charge >= 0.3 is 11.6 Å². The van der Waals surface area contributed by atoms with Gasteiger partial charge in [-0.3, -0.25) is 13.9 Å². The summed E-state index contributed by atoms with van der Waals surface area (Å²) in [7, 11) is 3.45. The summed E-state index contributed by atoms with van der Waals surface area (Å²) in [5.41, 5.74) is 5.41. The molecule has 1 amide bonds. The number of nitrogens with zero attached hydrogens (tertiary/aromatic N) is 3. The summed E-state index contributed by atoms with van der Waals surface area (Å²) >= 11 is 0. The highest BCUT2D eigenvalue weighted by atomic mass is 16.3. The zero-order chi connectivity index (χ0) is 18.3. The first-order chi connectivity index (χ1) is 12.5.